The number of hydrogen-bond donors (Lipinski definition) is 4. The molecule has 5 rings (SSSR count). The van der Waals surface area contributed by atoms with Crippen molar-refractivity contribution in [3.63, 3.8) is 0 Å². The maximum atomic E-state index is 13.7. The fourth-order valence-electron chi connectivity index (χ4n) is 5.57. The van der Waals surface area contributed by atoms with Crippen LogP contribution in [0.1, 0.15) is 40.7 Å². The van der Waals surface area contributed by atoms with E-state index in [0.29, 0.717) is 66.3 Å². The Labute approximate surface area is 283 Å². The third kappa shape index (κ3) is 9.12. The van der Waals surface area contributed by atoms with Crippen molar-refractivity contribution in [2.75, 3.05) is 50.7 Å². The maximum Gasteiger partial charge on any atom is 0.286 e. The molecule has 4 aromatic rings. The van der Waals surface area contributed by atoms with Crippen LogP contribution in [0.4, 0.5) is 11.4 Å². The molecule has 0 bridgehead atoms. The van der Waals surface area contributed by atoms with E-state index in [9.17, 15) is 14.4 Å². The molecule has 1 aliphatic rings. The Bertz CT molecular complexity index is 1810. The molecule has 49 heavy (non-hydrogen) atoms. The van der Waals surface area contributed by atoms with Gasteiger partial charge < -0.3 is 44.8 Å². The number of allylic oxidation sites excluding steroid dienone is 1. The number of carbonyl (C=O) groups excluding carboxylic acids is 2. The summed E-state index contributed by atoms with van der Waals surface area (Å²) in [5.74, 6) is -1.75. The summed E-state index contributed by atoms with van der Waals surface area (Å²) in [4.78, 5) is 39.9. The first kappa shape index (κ1) is 35.3. The third-order valence-corrected chi connectivity index (χ3v) is 8.09. The first-order valence-corrected chi connectivity index (χ1v) is 16.2. The van der Waals surface area contributed by atoms with Crippen LogP contribution in [0.2, 0.25) is 0 Å². The number of fused-ring (bicyclic) bond motifs is 1. The van der Waals surface area contributed by atoms with Crippen LogP contribution < -0.4 is 21.8 Å². The number of para-hydroxylation sites is 3. The number of nitrogens with one attached hydrogen (secondary N) is 2. The largest absolute Gasteiger partial charge is 0.464 e. The summed E-state index contributed by atoms with van der Waals surface area (Å²) in [7, 11) is 0. The molecular weight excluding hydrogens is 630 g/mol. The zero-order chi connectivity index (χ0) is 34.6. The van der Waals surface area contributed by atoms with Crippen molar-refractivity contribution < 1.29 is 38.1 Å². The fraction of sp³-hybridized carbons (Fsp3) is 0.324. The highest BCUT2D eigenvalue weighted by molar-refractivity contribution is 6.05. The van der Waals surface area contributed by atoms with Crippen LogP contribution >= 0.6 is 0 Å². The molecule has 5 N–H and O–H groups in total. The predicted octanol–water partition coefficient (Wildman–Crippen LogP) is 4.34. The van der Waals surface area contributed by atoms with Crippen molar-refractivity contribution in [1.82, 2.24) is 5.32 Å². The van der Waals surface area contributed by atoms with E-state index in [0.717, 1.165) is 5.56 Å². The minimum absolute atomic E-state index is 0.0158. The van der Waals surface area contributed by atoms with Gasteiger partial charge in [-0.3, -0.25) is 14.4 Å². The lowest BCUT2D eigenvalue weighted by atomic mass is 9.81. The molecule has 0 saturated heterocycles. The second kappa shape index (κ2) is 17.4. The third-order valence-electron chi connectivity index (χ3n) is 8.09. The molecule has 1 aliphatic heterocycles. The first-order chi connectivity index (χ1) is 23.9. The summed E-state index contributed by atoms with van der Waals surface area (Å²) in [6.07, 6.45) is 2.68. The van der Waals surface area contributed by atoms with Gasteiger partial charge in [0.05, 0.1) is 49.5 Å². The van der Waals surface area contributed by atoms with Crippen LogP contribution in [0.15, 0.2) is 100 Å². The molecule has 12 heteroatoms. The van der Waals surface area contributed by atoms with Gasteiger partial charge >= 0.3 is 0 Å². The van der Waals surface area contributed by atoms with Crippen molar-refractivity contribution in [1.29, 1.82) is 0 Å². The number of ether oxygens (including phenoxy) is 4. The lowest BCUT2D eigenvalue weighted by molar-refractivity contribution is -0.168. The summed E-state index contributed by atoms with van der Waals surface area (Å²) in [5, 5.41) is 15.0. The molecule has 3 aromatic carbocycles. The minimum atomic E-state index is -0.850. The van der Waals surface area contributed by atoms with E-state index < -0.39 is 18.1 Å². The number of rotatable bonds is 16. The number of aliphatic hydroxyl groups is 1. The van der Waals surface area contributed by atoms with Crippen molar-refractivity contribution >= 4 is 34.2 Å². The minimum Gasteiger partial charge on any atom is -0.464 e. The van der Waals surface area contributed by atoms with Crippen LogP contribution in [-0.2, 0) is 30.3 Å². The number of amides is 2. The molecule has 0 fully saturated rings. The highest BCUT2D eigenvalue weighted by Gasteiger charge is 2.39. The van der Waals surface area contributed by atoms with Crippen molar-refractivity contribution in [3.05, 3.63) is 118 Å². The topological polar surface area (TPSA) is 172 Å². The van der Waals surface area contributed by atoms with Gasteiger partial charge in [0.1, 0.15) is 5.58 Å². The normalized spacial score (nSPS) is 17.3. The molecule has 2 amide bonds. The average molecular weight is 672 g/mol. The quantitative estimate of drug-likeness (QED) is 0.0993. The van der Waals surface area contributed by atoms with Crippen molar-refractivity contribution in [2.24, 2.45) is 5.92 Å². The van der Waals surface area contributed by atoms with Gasteiger partial charge in [-0.15, -0.1) is 0 Å². The number of nitrogens with two attached hydrogens (primary N) is 1. The standard InChI is InChI=1S/C37H41N3O9/c1-2-47-37-26(15-17-45-19-20-46-18-16-41)28(29-23-48-32-10-6-3-7-27(32)34(29)42)21-33(49-37)36(44)39-22-24-11-13-25(14-12-24)35(43)40-31-9-5-4-8-30(31)38/h3-14,21,23,26,28,37,41H,2,15-20,22,38H2,1H3,(H,39,44)(H,40,43)/t26-,28-,37+/m0/s1. The van der Waals surface area contributed by atoms with Gasteiger partial charge in [-0.1, -0.05) is 36.4 Å². The second-order valence-electron chi connectivity index (χ2n) is 11.3. The van der Waals surface area contributed by atoms with E-state index in [1.54, 1.807) is 78.9 Å². The van der Waals surface area contributed by atoms with Gasteiger partial charge in [0.15, 0.2) is 11.2 Å². The van der Waals surface area contributed by atoms with E-state index in [-0.39, 0.29) is 42.8 Å². The molecule has 0 radical (unpaired) electrons. The zero-order valence-corrected chi connectivity index (χ0v) is 27.3. The van der Waals surface area contributed by atoms with Gasteiger partial charge in [-0.2, -0.15) is 0 Å². The summed E-state index contributed by atoms with van der Waals surface area (Å²) < 4.78 is 29.0. The number of anilines is 2. The molecule has 12 nitrogen and oxygen atoms in total. The maximum absolute atomic E-state index is 13.7. The molecule has 3 atom stereocenters. The molecule has 0 unspecified atom stereocenters. The molecular formula is C37H41N3O9. The number of nitrogen functional groups attached to an aromatic ring is 1. The Morgan fingerprint density at radius 3 is 2.41 bits per heavy atom. The van der Waals surface area contributed by atoms with Gasteiger partial charge in [0, 0.05) is 42.7 Å². The smallest absolute Gasteiger partial charge is 0.286 e. The summed E-state index contributed by atoms with van der Waals surface area (Å²) in [6, 6.07) is 20.8. The van der Waals surface area contributed by atoms with Crippen LogP contribution in [0.25, 0.3) is 11.0 Å². The Balaban J connectivity index is 1.32. The molecule has 0 saturated carbocycles. The van der Waals surface area contributed by atoms with Gasteiger partial charge in [0.2, 0.25) is 6.29 Å². The highest BCUT2D eigenvalue weighted by atomic mass is 16.7. The Morgan fingerprint density at radius 2 is 1.65 bits per heavy atom. The van der Waals surface area contributed by atoms with Crippen LogP contribution in [0, 0.1) is 5.92 Å². The van der Waals surface area contributed by atoms with Gasteiger partial charge in [-0.05, 0) is 61.4 Å². The van der Waals surface area contributed by atoms with E-state index in [4.69, 9.17) is 34.2 Å². The van der Waals surface area contributed by atoms with Gasteiger partial charge in [0.25, 0.3) is 11.8 Å². The summed E-state index contributed by atoms with van der Waals surface area (Å²) in [6.45, 7) is 3.43. The molecule has 1 aromatic heterocycles. The van der Waals surface area contributed by atoms with E-state index >= 15 is 0 Å². The van der Waals surface area contributed by atoms with Crippen molar-refractivity contribution in [2.45, 2.75) is 32.1 Å². The van der Waals surface area contributed by atoms with E-state index in [1.807, 2.05) is 6.92 Å². The van der Waals surface area contributed by atoms with Crippen molar-refractivity contribution in [3.8, 4) is 0 Å². The number of hydrogen-bond acceptors (Lipinski definition) is 10. The fourth-order valence-corrected chi connectivity index (χ4v) is 5.57. The van der Waals surface area contributed by atoms with Crippen LogP contribution in [-0.4, -0.2) is 62.9 Å². The lowest BCUT2D eigenvalue weighted by Gasteiger charge is -2.36. The van der Waals surface area contributed by atoms with Gasteiger partial charge in [-0.25, -0.2) is 0 Å². The molecule has 0 spiro atoms. The molecule has 0 aliphatic carbocycles. The summed E-state index contributed by atoms with van der Waals surface area (Å²) >= 11 is 0. The lowest BCUT2D eigenvalue weighted by Crippen LogP contribution is -2.40. The number of benzene rings is 3. The average Bonchev–Trinajstić information content (AvgIpc) is 3.12. The SMILES string of the molecule is CCO[C@@H]1OC(C(=O)NCc2ccc(C(=O)Nc3ccccc3N)cc2)=C[C@H](c2coc3ccccc3c2=O)[C@@H]1CCOCCOCCO. The molecule has 258 valence electrons. The Morgan fingerprint density at radius 1 is 0.918 bits per heavy atom. The Kier molecular flexibility index (Phi) is 12.5. The monoisotopic (exact) mass is 671 g/mol. The van der Waals surface area contributed by atoms with Crippen LogP contribution in [0.5, 0.6) is 0 Å². The van der Waals surface area contributed by atoms with Crippen LogP contribution in [0.3, 0.4) is 0 Å². The number of aliphatic hydroxyl groups excluding tert-OH is 1. The number of carbonyl (C=O) groups is 2. The summed E-state index contributed by atoms with van der Waals surface area (Å²) in [5.41, 5.74) is 8.74. The highest BCUT2D eigenvalue weighted by Crippen LogP contribution is 2.38. The van der Waals surface area contributed by atoms with E-state index in [1.165, 1.54) is 6.26 Å². The predicted molar refractivity (Wildman–Crippen MR) is 184 cm³/mol. The molecule has 2 heterocycles. The van der Waals surface area contributed by atoms with E-state index in [2.05, 4.69) is 10.6 Å². The second-order valence-corrected chi connectivity index (χ2v) is 11.3. The Hall–Kier alpha value is -5.01. The zero-order valence-electron chi connectivity index (χ0n) is 27.3. The first-order valence-electron chi connectivity index (χ1n) is 16.2.